The molecule has 1 unspecified atom stereocenters. The van der Waals surface area contributed by atoms with Crippen molar-refractivity contribution < 1.29 is 4.79 Å². The zero-order valence-corrected chi connectivity index (χ0v) is 15.6. The number of carbonyl (C=O) groups excluding carboxylic acids is 1. The van der Waals surface area contributed by atoms with E-state index in [1.807, 2.05) is 19.0 Å². The van der Waals surface area contributed by atoms with Crippen molar-refractivity contribution in [1.29, 1.82) is 0 Å². The van der Waals surface area contributed by atoms with Crippen molar-refractivity contribution in [1.82, 2.24) is 14.8 Å². The Morgan fingerprint density at radius 3 is 2.75 bits per heavy atom. The van der Waals surface area contributed by atoms with E-state index in [1.165, 1.54) is 11.1 Å². The van der Waals surface area contributed by atoms with E-state index in [0.29, 0.717) is 12.5 Å². The number of benzene rings is 1. The number of likely N-dealkylation sites (N-methyl/N-ethyl adjacent to an activating group) is 2. The van der Waals surface area contributed by atoms with Crippen molar-refractivity contribution in [3.8, 4) is 0 Å². The standard InChI is InChI=1S/C19H25N3OS/c1-13(2)18-20-16(12-24-18)11-22(4)19(23)17-9-14-7-5-6-8-15(14)10-21(17)3/h5-8,12-13,17H,9-11H2,1-4H3. The summed E-state index contributed by atoms with van der Waals surface area (Å²) in [6.45, 7) is 5.69. The summed E-state index contributed by atoms with van der Waals surface area (Å²) >= 11 is 1.68. The molecule has 0 bridgehead atoms. The van der Waals surface area contributed by atoms with Gasteiger partial charge in [0.1, 0.15) is 0 Å². The fourth-order valence-corrected chi connectivity index (χ4v) is 3.99. The third-order valence-corrected chi connectivity index (χ3v) is 5.80. The summed E-state index contributed by atoms with van der Waals surface area (Å²) < 4.78 is 0. The first-order valence-corrected chi connectivity index (χ1v) is 9.30. The Kier molecular flexibility index (Phi) is 5.01. The van der Waals surface area contributed by atoms with E-state index in [0.717, 1.165) is 23.7 Å². The first-order valence-electron chi connectivity index (χ1n) is 8.42. The molecule has 0 saturated carbocycles. The van der Waals surface area contributed by atoms with E-state index in [9.17, 15) is 4.79 Å². The van der Waals surface area contributed by atoms with Crippen molar-refractivity contribution >= 4 is 17.2 Å². The molecule has 5 heteroatoms. The predicted molar refractivity (Wildman–Crippen MR) is 98.1 cm³/mol. The van der Waals surface area contributed by atoms with Crippen LogP contribution in [0.3, 0.4) is 0 Å². The van der Waals surface area contributed by atoms with Crippen LogP contribution in [0, 0.1) is 0 Å². The second kappa shape index (κ2) is 7.03. The Labute approximate surface area is 148 Å². The van der Waals surface area contributed by atoms with Crippen molar-refractivity contribution in [2.45, 2.75) is 45.3 Å². The number of amides is 1. The third-order valence-electron chi connectivity index (χ3n) is 4.61. The van der Waals surface area contributed by atoms with E-state index >= 15 is 0 Å². The van der Waals surface area contributed by atoms with Gasteiger partial charge in [0.15, 0.2) is 0 Å². The number of rotatable bonds is 4. The summed E-state index contributed by atoms with van der Waals surface area (Å²) in [6.07, 6.45) is 0.782. The smallest absolute Gasteiger partial charge is 0.240 e. The quantitative estimate of drug-likeness (QED) is 0.855. The van der Waals surface area contributed by atoms with Crippen molar-refractivity contribution in [2.24, 2.45) is 0 Å². The number of hydrogen-bond acceptors (Lipinski definition) is 4. The first-order chi connectivity index (χ1) is 11.5. The summed E-state index contributed by atoms with van der Waals surface area (Å²) in [5, 5.41) is 3.20. The van der Waals surface area contributed by atoms with Crippen molar-refractivity contribution in [2.75, 3.05) is 14.1 Å². The molecule has 0 radical (unpaired) electrons. The van der Waals surface area contributed by atoms with Gasteiger partial charge in [-0.25, -0.2) is 4.98 Å². The van der Waals surface area contributed by atoms with Crippen LogP contribution in [0.2, 0.25) is 0 Å². The molecule has 0 spiro atoms. The van der Waals surface area contributed by atoms with Gasteiger partial charge in [-0.3, -0.25) is 9.69 Å². The zero-order valence-electron chi connectivity index (χ0n) is 14.8. The highest BCUT2D eigenvalue weighted by Gasteiger charge is 2.31. The van der Waals surface area contributed by atoms with Gasteiger partial charge < -0.3 is 4.90 Å². The van der Waals surface area contributed by atoms with Crippen LogP contribution >= 0.6 is 11.3 Å². The van der Waals surface area contributed by atoms with Gasteiger partial charge in [0.05, 0.1) is 23.3 Å². The largest absolute Gasteiger partial charge is 0.338 e. The van der Waals surface area contributed by atoms with Crippen LogP contribution in [0.25, 0.3) is 0 Å². The minimum absolute atomic E-state index is 0.0897. The fourth-order valence-electron chi connectivity index (χ4n) is 3.17. The molecule has 128 valence electrons. The molecular weight excluding hydrogens is 318 g/mol. The number of carbonyl (C=O) groups is 1. The zero-order chi connectivity index (χ0) is 17.3. The number of fused-ring (bicyclic) bond motifs is 1. The molecule has 1 aliphatic rings. The topological polar surface area (TPSA) is 36.4 Å². The SMILES string of the molecule is CC(C)c1nc(CN(C)C(=O)C2Cc3ccccc3CN2C)cs1. The number of thiazole rings is 1. The molecule has 0 fully saturated rings. The lowest BCUT2D eigenvalue weighted by molar-refractivity contribution is -0.136. The summed E-state index contributed by atoms with van der Waals surface area (Å²) in [4.78, 5) is 21.5. The third kappa shape index (κ3) is 3.52. The van der Waals surface area contributed by atoms with Crippen LogP contribution in [0.4, 0.5) is 0 Å². The van der Waals surface area contributed by atoms with Gasteiger partial charge in [-0.05, 0) is 24.6 Å². The molecule has 1 aliphatic heterocycles. The highest BCUT2D eigenvalue weighted by Crippen LogP contribution is 2.24. The van der Waals surface area contributed by atoms with Gasteiger partial charge in [0, 0.05) is 24.9 Å². The van der Waals surface area contributed by atoms with Gasteiger partial charge in [-0.1, -0.05) is 38.1 Å². The Hall–Kier alpha value is -1.72. The van der Waals surface area contributed by atoms with Crippen LogP contribution in [-0.4, -0.2) is 40.8 Å². The van der Waals surface area contributed by atoms with Crippen LogP contribution in [-0.2, 0) is 24.3 Å². The van der Waals surface area contributed by atoms with Gasteiger partial charge in [0.25, 0.3) is 0 Å². The highest BCUT2D eigenvalue weighted by molar-refractivity contribution is 7.09. The minimum Gasteiger partial charge on any atom is -0.338 e. The molecule has 2 aromatic rings. The molecule has 4 nitrogen and oxygen atoms in total. The molecule has 2 heterocycles. The van der Waals surface area contributed by atoms with Crippen LogP contribution < -0.4 is 0 Å². The molecule has 0 N–H and O–H groups in total. The average Bonchev–Trinajstić information content (AvgIpc) is 3.02. The maximum absolute atomic E-state index is 12.9. The predicted octanol–water partition coefficient (Wildman–Crippen LogP) is 3.28. The van der Waals surface area contributed by atoms with Gasteiger partial charge in [0.2, 0.25) is 5.91 Å². The highest BCUT2D eigenvalue weighted by atomic mass is 32.1. The molecule has 1 atom stereocenters. The monoisotopic (exact) mass is 343 g/mol. The van der Waals surface area contributed by atoms with E-state index in [-0.39, 0.29) is 11.9 Å². The summed E-state index contributed by atoms with van der Waals surface area (Å²) in [6, 6.07) is 8.32. The Bertz CT molecular complexity index is 725. The average molecular weight is 343 g/mol. The van der Waals surface area contributed by atoms with E-state index in [2.05, 4.69) is 53.4 Å². The van der Waals surface area contributed by atoms with E-state index in [1.54, 1.807) is 11.3 Å². The molecule has 1 aromatic heterocycles. The van der Waals surface area contributed by atoms with Crippen LogP contribution in [0.1, 0.15) is 41.6 Å². The maximum Gasteiger partial charge on any atom is 0.240 e. The lowest BCUT2D eigenvalue weighted by Crippen LogP contribution is -2.48. The maximum atomic E-state index is 12.9. The number of aromatic nitrogens is 1. The van der Waals surface area contributed by atoms with Crippen LogP contribution in [0.5, 0.6) is 0 Å². The Morgan fingerprint density at radius 2 is 2.08 bits per heavy atom. The summed E-state index contributed by atoms with van der Waals surface area (Å²) in [7, 11) is 3.91. The summed E-state index contributed by atoms with van der Waals surface area (Å²) in [5.41, 5.74) is 3.60. The van der Waals surface area contributed by atoms with E-state index < -0.39 is 0 Å². The molecule has 1 aromatic carbocycles. The lowest BCUT2D eigenvalue weighted by Gasteiger charge is -2.35. The second-order valence-corrected chi connectivity index (χ2v) is 7.82. The summed E-state index contributed by atoms with van der Waals surface area (Å²) in [5.74, 6) is 0.608. The Morgan fingerprint density at radius 1 is 1.38 bits per heavy atom. The second-order valence-electron chi connectivity index (χ2n) is 6.93. The molecule has 0 saturated heterocycles. The molecule has 3 rings (SSSR count). The van der Waals surface area contributed by atoms with Crippen molar-refractivity contribution in [3.05, 3.63) is 51.5 Å². The fraction of sp³-hybridized carbons (Fsp3) is 0.474. The van der Waals surface area contributed by atoms with Gasteiger partial charge >= 0.3 is 0 Å². The Balaban J connectivity index is 1.69. The number of hydrogen-bond donors (Lipinski definition) is 0. The number of nitrogens with zero attached hydrogens (tertiary/aromatic N) is 3. The van der Waals surface area contributed by atoms with E-state index in [4.69, 9.17) is 0 Å². The van der Waals surface area contributed by atoms with Crippen LogP contribution in [0.15, 0.2) is 29.6 Å². The van der Waals surface area contributed by atoms with Gasteiger partial charge in [-0.2, -0.15) is 0 Å². The molecule has 24 heavy (non-hydrogen) atoms. The van der Waals surface area contributed by atoms with Crippen molar-refractivity contribution in [3.63, 3.8) is 0 Å². The van der Waals surface area contributed by atoms with Gasteiger partial charge in [-0.15, -0.1) is 11.3 Å². The molecule has 0 aliphatic carbocycles. The molecule has 1 amide bonds. The normalized spacial score (nSPS) is 17.8. The molecular formula is C19H25N3OS. The minimum atomic E-state index is -0.0897. The first kappa shape index (κ1) is 17.1. The lowest BCUT2D eigenvalue weighted by atomic mass is 9.94.